The SMILES string of the molecule is C/C(C#N)=C(/Nc1cc(O)c(Cl)cc1Cl)c1scc(-c2ccc(CN(C)C)cc2)c1N. The van der Waals surface area contributed by atoms with Crippen LogP contribution in [0.3, 0.4) is 0 Å². The van der Waals surface area contributed by atoms with Crippen LogP contribution < -0.4 is 11.1 Å². The number of rotatable bonds is 6. The number of phenols is 1. The first-order chi connectivity index (χ1) is 14.7. The number of nitrogen functional groups attached to an aromatic ring is 1. The standard InChI is InChI=1S/C23H22Cl2N4OS/c1-13(10-26)22(28-19-9-20(30)18(25)8-17(19)24)23-21(27)16(12-31-23)15-6-4-14(5-7-15)11-29(2)3/h4-9,12,28,30H,11,27H2,1-3H3/b22-13-. The second kappa shape index (κ2) is 9.63. The number of halogens is 2. The number of nitrogens with zero attached hydrogens (tertiary/aromatic N) is 2. The zero-order valence-electron chi connectivity index (χ0n) is 17.3. The number of benzene rings is 2. The van der Waals surface area contributed by atoms with Crippen LogP contribution in [0.5, 0.6) is 5.75 Å². The van der Waals surface area contributed by atoms with E-state index in [4.69, 9.17) is 28.9 Å². The van der Waals surface area contributed by atoms with E-state index in [0.717, 1.165) is 22.5 Å². The number of nitrogens with two attached hydrogens (primary N) is 1. The van der Waals surface area contributed by atoms with Gasteiger partial charge in [-0.15, -0.1) is 11.3 Å². The first-order valence-electron chi connectivity index (χ1n) is 9.38. The van der Waals surface area contributed by atoms with Crippen LogP contribution in [0.4, 0.5) is 11.4 Å². The second-order valence-corrected chi connectivity index (χ2v) is 9.04. The van der Waals surface area contributed by atoms with Gasteiger partial charge < -0.3 is 21.1 Å². The van der Waals surface area contributed by atoms with Gasteiger partial charge in [-0.25, -0.2) is 0 Å². The summed E-state index contributed by atoms with van der Waals surface area (Å²) >= 11 is 13.6. The number of aromatic hydroxyl groups is 1. The number of hydrogen-bond donors (Lipinski definition) is 3. The molecule has 1 aromatic heterocycles. The number of nitriles is 1. The third kappa shape index (κ3) is 5.15. The predicted octanol–water partition coefficient (Wildman–Crippen LogP) is 6.44. The molecule has 0 spiro atoms. The Hall–Kier alpha value is -2.69. The van der Waals surface area contributed by atoms with Gasteiger partial charge in [0.15, 0.2) is 0 Å². The topological polar surface area (TPSA) is 85.3 Å². The van der Waals surface area contributed by atoms with Gasteiger partial charge in [-0.1, -0.05) is 47.5 Å². The summed E-state index contributed by atoms with van der Waals surface area (Å²) < 4.78 is 0. The largest absolute Gasteiger partial charge is 0.506 e. The van der Waals surface area contributed by atoms with Crippen LogP contribution in [-0.4, -0.2) is 24.1 Å². The van der Waals surface area contributed by atoms with E-state index in [1.807, 2.05) is 31.6 Å². The summed E-state index contributed by atoms with van der Waals surface area (Å²) in [5.74, 6) is -0.111. The molecule has 0 aliphatic carbocycles. The lowest BCUT2D eigenvalue weighted by Gasteiger charge is -2.14. The molecule has 8 heteroatoms. The maximum atomic E-state index is 9.95. The average molecular weight is 473 g/mol. The lowest BCUT2D eigenvalue weighted by molar-refractivity contribution is 0.402. The third-order valence-corrected chi connectivity index (χ3v) is 6.29. The number of allylic oxidation sites excluding steroid dienone is 1. The molecule has 3 aromatic rings. The van der Waals surface area contributed by atoms with E-state index < -0.39 is 0 Å². The Balaban J connectivity index is 1.99. The fourth-order valence-electron chi connectivity index (χ4n) is 3.08. The van der Waals surface area contributed by atoms with Crippen LogP contribution in [0, 0.1) is 11.3 Å². The van der Waals surface area contributed by atoms with E-state index in [-0.39, 0.29) is 10.8 Å². The van der Waals surface area contributed by atoms with Gasteiger partial charge in [0.2, 0.25) is 0 Å². The lowest BCUT2D eigenvalue weighted by atomic mass is 10.0. The number of nitrogens with one attached hydrogen (secondary N) is 1. The van der Waals surface area contributed by atoms with Crippen molar-refractivity contribution in [1.82, 2.24) is 4.90 Å². The fraction of sp³-hybridized carbons (Fsp3) is 0.174. The predicted molar refractivity (Wildman–Crippen MR) is 132 cm³/mol. The van der Waals surface area contributed by atoms with Crippen molar-refractivity contribution in [3.05, 3.63) is 67.8 Å². The normalized spacial score (nSPS) is 11.9. The van der Waals surface area contributed by atoms with E-state index in [9.17, 15) is 10.4 Å². The first kappa shape index (κ1) is 23.0. The van der Waals surface area contributed by atoms with Gasteiger partial charge in [0.1, 0.15) is 5.75 Å². The van der Waals surface area contributed by atoms with E-state index in [2.05, 4.69) is 28.4 Å². The first-order valence-corrected chi connectivity index (χ1v) is 11.0. The summed E-state index contributed by atoms with van der Waals surface area (Å²) in [6.45, 7) is 2.55. The van der Waals surface area contributed by atoms with Crippen molar-refractivity contribution < 1.29 is 5.11 Å². The summed E-state index contributed by atoms with van der Waals surface area (Å²) in [7, 11) is 4.06. The minimum absolute atomic E-state index is 0.111. The monoisotopic (exact) mass is 472 g/mol. The summed E-state index contributed by atoms with van der Waals surface area (Å²) in [5.41, 5.74) is 11.6. The number of hydrogen-bond acceptors (Lipinski definition) is 6. The highest BCUT2D eigenvalue weighted by Crippen LogP contribution is 2.41. The van der Waals surface area contributed by atoms with E-state index >= 15 is 0 Å². The summed E-state index contributed by atoms with van der Waals surface area (Å²) in [4.78, 5) is 2.83. The van der Waals surface area contributed by atoms with Crippen molar-refractivity contribution >= 4 is 51.6 Å². The summed E-state index contributed by atoms with van der Waals surface area (Å²) in [5, 5.41) is 25.1. The molecule has 0 saturated carbocycles. The molecule has 160 valence electrons. The third-order valence-electron chi connectivity index (χ3n) is 4.66. The Kier molecular flexibility index (Phi) is 7.14. The van der Waals surface area contributed by atoms with Crippen molar-refractivity contribution in [1.29, 1.82) is 5.26 Å². The molecule has 31 heavy (non-hydrogen) atoms. The van der Waals surface area contributed by atoms with Gasteiger partial charge in [-0.3, -0.25) is 0 Å². The number of anilines is 2. The van der Waals surface area contributed by atoms with Crippen LogP contribution in [0.25, 0.3) is 16.8 Å². The van der Waals surface area contributed by atoms with Crippen LogP contribution in [0.15, 0.2) is 47.4 Å². The molecule has 0 amide bonds. The van der Waals surface area contributed by atoms with Crippen LogP contribution in [0.2, 0.25) is 10.0 Å². The van der Waals surface area contributed by atoms with E-state index in [1.54, 1.807) is 6.92 Å². The van der Waals surface area contributed by atoms with Crippen LogP contribution in [0.1, 0.15) is 17.4 Å². The van der Waals surface area contributed by atoms with E-state index in [1.165, 1.54) is 29.0 Å². The molecule has 4 N–H and O–H groups in total. The Morgan fingerprint density at radius 3 is 2.48 bits per heavy atom. The Labute approximate surface area is 195 Å². The highest BCUT2D eigenvalue weighted by Gasteiger charge is 2.18. The smallest absolute Gasteiger partial charge is 0.136 e. The van der Waals surface area contributed by atoms with Gasteiger partial charge in [0.25, 0.3) is 0 Å². The molecule has 5 nitrogen and oxygen atoms in total. The molecule has 0 bridgehead atoms. The molecule has 0 saturated heterocycles. The van der Waals surface area contributed by atoms with Gasteiger partial charge in [-0.2, -0.15) is 5.26 Å². The van der Waals surface area contributed by atoms with Crippen molar-refractivity contribution in [2.45, 2.75) is 13.5 Å². The van der Waals surface area contributed by atoms with E-state index in [0.29, 0.717) is 27.7 Å². The number of phenolic OH excluding ortho intramolecular Hbond substituents is 1. The zero-order valence-corrected chi connectivity index (χ0v) is 19.7. The fourth-order valence-corrected chi connectivity index (χ4v) is 4.57. The van der Waals surface area contributed by atoms with Gasteiger partial charge in [0.05, 0.1) is 43.6 Å². The highest BCUT2D eigenvalue weighted by atomic mass is 35.5. The second-order valence-electron chi connectivity index (χ2n) is 7.35. The quantitative estimate of drug-likeness (QED) is 0.359. The van der Waals surface area contributed by atoms with Gasteiger partial charge >= 0.3 is 0 Å². The molecule has 0 unspecified atom stereocenters. The molecule has 3 rings (SSSR count). The van der Waals surface area contributed by atoms with Crippen LogP contribution in [-0.2, 0) is 6.54 Å². The minimum Gasteiger partial charge on any atom is -0.506 e. The highest BCUT2D eigenvalue weighted by molar-refractivity contribution is 7.12. The number of thiophene rings is 1. The Morgan fingerprint density at radius 2 is 1.87 bits per heavy atom. The zero-order chi connectivity index (χ0) is 22.7. The molecule has 2 aromatic carbocycles. The van der Waals surface area contributed by atoms with Gasteiger partial charge in [-0.05, 0) is 38.2 Å². The maximum Gasteiger partial charge on any atom is 0.136 e. The molecule has 0 radical (unpaired) electrons. The minimum atomic E-state index is -0.111. The molecule has 0 aliphatic heterocycles. The molecule has 0 aliphatic rings. The Bertz CT molecular complexity index is 1180. The van der Waals surface area contributed by atoms with Crippen molar-refractivity contribution in [2.24, 2.45) is 0 Å². The molecule has 1 heterocycles. The van der Waals surface area contributed by atoms with Crippen molar-refractivity contribution in [2.75, 3.05) is 25.1 Å². The maximum absolute atomic E-state index is 9.95. The summed E-state index contributed by atoms with van der Waals surface area (Å²) in [6, 6.07) is 13.3. The average Bonchev–Trinajstić information content (AvgIpc) is 3.10. The molecular formula is C23H22Cl2N4OS. The molecule has 0 fully saturated rings. The van der Waals surface area contributed by atoms with Crippen molar-refractivity contribution in [3.63, 3.8) is 0 Å². The summed E-state index contributed by atoms with van der Waals surface area (Å²) in [6.07, 6.45) is 0. The Morgan fingerprint density at radius 1 is 1.19 bits per heavy atom. The lowest BCUT2D eigenvalue weighted by Crippen LogP contribution is -2.10. The van der Waals surface area contributed by atoms with Gasteiger partial charge in [0, 0.05) is 23.6 Å². The molecular weight excluding hydrogens is 451 g/mol. The van der Waals surface area contributed by atoms with Crippen LogP contribution >= 0.6 is 34.5 Å². The molecule has 0 atom stereocenters. The van der Waals surface area contributed by atoms with Crippen molar-refractivity contribution in [3.8, 4) is 22.9 Å².